The van der Waals surface area contributed by atoms with Gasteiger partial charge in [0.1, 0.15) is 6.10 Å². The molecule has 0 aromatic carbocycles. The van der Waals surface area contributed by atoms with E-state index < -0.39 is 0 Å². The number of Topliss-reactive ketones (excluding diaryl/α,β-unsaturated/α-hetero) is 1. The molecule has 0 aliphatic carbocycles. The van der Waals surface area contributed by atoms with E-state index in [1.54, 1.807) is 0 Å². The van der Waals surface area contributed by atoms with Crippen LogP contribution in [0.2, 0.25) is 0 Å². The Balaban J connectivity index is 1.92. The fourth-order valence-electron chi connectivity index (χ4n) is 2.15. The Morgan fingerprint density at radius 1 is 1.00 bits per heavy atom. The van der Waals surface area contributed by atoms with Crippen molar-refractivity contribution in [2.45, 2.75) is 83.8 Å². The summed E-state index contributed by atoms with van der Waals surface area (Å²) in [6.45, 7) is 4.36. The minimum absolute atomic E-state index is 0.0319. The number of unbranched alkanes of at least 4 members (excludes halogenated alkanes) is 5. The smallest absolute Gasteiger partial charge is 0.164 e. The van der Waals surface area contributed by atoms with Gasteiger partial charge < -0.3 is 4.74 Å². The molecule has 0 spiro atoms. The zero-order chi connectivity index (χ0) is 11.8. The average molecular weight is 226 g/mol. The Morgan fingerprint density at radius 2 is 1.69 bits per heavy atom. The van der Waals surface area contributed by atoms with Gasteiger partial charge in [-0.05, 0) is 12.8 Å². The van der Waals surface area contributed by atoms with Gasteiger partial charge in [0.15, 0.2) is 5.78 Å². The largest absolute Gasteiger partial charge is 0.361 e. The quantitative estimate of drug-likeness (QED) is 0.418. The SMILES string of the molecule is CCCCCCCCC(=O)[C@H]1O[C@@H]1CCC. The summed E-state index contributed by atoms with van der Waals surface area (Å²) in [4.78, 5) is 11.7. The number of rotatable bonds is 10. The Hall–Kier alpha value is -0.370. The first-order chi connectivity index (χ1) is 7.79. The van der Waals surface area contributed by atoms with E-state index in [9.17, 15) is 4.79 Å². The fourth-order valence-corrected chi connectivity index (χ4v) is 2.15. The van der Waals surface area contributed by atoms with Crippen LogP contribution >= 0.6 is 0 Å². The van der Waals surface area contributed by atoms with Crippen molar-refractivity contribution in [1.29, 1.82) is 0 Å². The third-order valence-corrected chi connectivity index (χ3v) is 3.25. The first-order valence-corrected chi connectivity index (χ1v) is 6.97. The van der Waals surface area contributed by atoms with Gasteiger partial charge in [-0.15, -0.1) is 0 Å². The Bertz CT molecular complexity index is 201. The molecule has 0 amide bonds. The highest BCUT2D eigenvalue weighted by Gasteiger charge is 2.42. The molecule has 1 rings (SSSR count). The molecule has 0 saturated carbocycles. The highest BCUT2D eigenvalue weighted by molar-refractivity contribution is 5.85. The maximum atomic E-state index is 11.7. The summed E-state index contributed by atoms with van der Waals surface area (Å²) >= 11 is 0. The van der Waals surface area contributed by atoms with Crippen molar-refractivity contribution < 1.29 is 9.53 Å². The maximum Gasteiger partial charge on any atom is 0.164 e. The topological polar surface area (TPSA) is 29.6 Å². The van der Waals surface area contributed by atoms with Crippen molar-refractivity contribution in [3.8, 4) is 0 Å². The van der Waals surface area contributed by atoms with Gasteiger partial charge in [-0.25, -0.2) is 0 Å². The third-order valence-electron chi connectivity index (χ3n) is 3.25. The van der Waals surface area contributed by atoms with Crippen LogP contribution in [0.5, 0.6) is 0 Å². The van der Waals surface area contributed by atoms with Crippen LogP contribution in [-0.2, 0) is 9.53 Å². The van der Waals surface area contributed by atoms with Gasteiger partial charge in [0, 0.05) is 6.42 Å². The molecule has 0 aromatic heterocycles. The van der Waals surface area contributed by atoms with Crippen molar-refractivity contribution in [3.05, 3.63) is 0 Å². The predicted octanol–water partition coefficient (Wildman–Crippen LogP) is 3.87. The lowest BCUT2D eigenvalue weighted by Crippen LogP contribution is -2.09. The van der Waals surface area contributed by atoms with Gasteiger partial charge in [0.25, 0.3) is 0 Å². The summed E-state index contributed by atoms with van der Waals surface area (Å²) in [5, 5.41) is 0. The lowest BCUT2D eigenvalue weighted by Gasteiger charge is -1.99. The number of hydrogen-bond acceptors (Lipinski definition) is 2. The molecule has 16 heavy (non-hydrogen) atoms. The Labute approximate surface area is 99.8 Å². The summed E-state index contributed by atoms with van der Waals surface area (Å²) in [5.41, 5.74) is 0. The molecule has 0 aromatic rings. The second kappa shape index (κ2) is 7.83. The number of carbonyl (C=O) groups excluding carboxylic acids is 1. The molecule has 0 N–H and O–H groups in total. The minimum Gasteiger partial charge on any atom is -0.361 e. The number of ketones is 1. The van der Waals surface area contributed by atoms with Crippen molar-refractivity contribution in [1.82, 2.24) is 0 Å². The van der Waals surface area contributed by atoms with E-state index in [-0.39, 0.29) is 12.2 Å². The molecule has 2 nitrogen and oxygen atoms in total. The van der Waals surface area contributed by atoms with E-state index in [1.807, 2.05) is 0 Å². The van der Waals surface area contributed by atoms with Crippen LogP contribution in [0, 0.1) is 0 Å². The molecule has 1 heterocycles. The first-order valence-electron chi connectivity index (χ1n) is 6.97. The van der Waals surface area contributed by atoms with Crippen LogP contribution < -0.4 is 0 Å². The zero-order valence-corrected chi connectivity index (χ0v) is 10.8. The third kappa shape index (κ3) is 5.11. The Morgan fingerprint density at radius 3 is 2.38 bits per heavy atom. The lowest BCUT2D eigenvalue weighted by molar-refractivity contribution is -0.120. The highest BCUT2D eigenvalue weighted by Crippen LogP contribution is 2.28. The van der Waals surface area contributed by atoms with Gasteiger partial charge >= 0.3 is 0 Å². The summed E-state index contributed by atoms with van der Waals surface area (Å²) in [6.07, 6.45) is 10.6. The molecule has 2 atom stereocenters. The molecule has 1 saturated heterocycles. The van der Waals surface area contributed by atoms with Gasteiger partial charge in [0.2, 0.25) is 0 Å². The molecule has 1 aliphatic heterocycles. The summed E-state index contributed by atoms with van der Waals surface area (Å²) in [7, 11) is 0. The second-order valence-corrected chi connectivity index (χ2v) is 4.87. The molecule has 1 fully saturated rings. The van der Waals surface area contributed by atoms with Crippen LogP contribution in [0.3, 0.4) is 0 Å². The lowest BCUT2D eigenvalue weighted by atomic mass is 10.0. The van der Waals surface area contributed by atoms with Gasteiger partial charge in [0.05, 0.1) is 6.10 Å². The fraction of sp³-hybridized carbons (Fsp3) is 0.929. The van der Waals surface area contributed by atoms with E-state index in [0.717, 1.165) is 25.7 Å². The zero-order valence-electron chi connectivity index (χ0n) is 10.8. The summed E-state index contributed by atoms with van der Waals surface area (Å²) in [6, 6.07) is 0. The molecule has 1 aliphatic rings. The van der Waals surface area contributed by atoms with Crippen LogP contribution in [0.25, 0.3) is 0 Å². The first kappa shape index (κ1) is 13.7. The van der Waals surface area contributed by atoms with E-state index >= 15 is 0 Å². The van der Waals surface area contributed by atoms with Crippen LogP contribution in [0.15, 0.2) is 0 Å². The standard InChI is InChI=1S/C14H26O2/c1-3-5-6-7-8-9-11-12(15)14-13(16-14)10-4-2/h13-14H,3-11H2,1-2H3/t13-,14-/m1/s1. The second-order valence-electron chi connectivity index (χ2n) is 4.87. The van der Waals surface area contributed by atoms with Gasteiger partial charge in [-0.2, -0.15) is 0 Å². The predicted molar refractivity (Wildman–Crippen MR) is 66.6 cm³/mol. The number of hydrogen-bond donors (Lipinski definition) is 0. The van der Waals surface area contributed by atoms with E-state index in [2.05, 4.69) is 13.8 Å². The molecular weight excluding hydrogens is 200 g/mol. The molecular formula is C14H26O2. The summed E-state index contributed by atoms with van der Waals surface area (Å²) in [5.74, 6) is 0.342. The van der Waals surface area contributed by atoms with Gasteiger partial charge in [-0.1, -0.05) is 52.4 Å². The van der Waals surface area contributed by atoms with Crippen LogP contribution in [-0.4, -0.2) is 18.0 Å². The van der Waals surface area contributed by atoms with Crippen LogP contribution in [0.1, 0.15) is 71.6 Å². The number of ether oxygens (including phenoxy) is 1. The molecule has 2 heteroatoms. The monoisotopic (exact) mass is 226 g/mol. The van der Waals surface area contributed by atoms with E-state index in [0.29, 0.717) is 5.78 Å². The van der Waals surface area contributed by atoms with Crippen molar-refractivity contribution in [2.75, 3.05) is 0 Å². The summed E-state index contributed by atoms with van der Waals surface area (Å²) < 4.78 is 5.37. The van der Waals surface area contributed by atoms with E-state index in [4.69, 9.17) is 4.74 Å². The van der Waals surface area contributed by atoms with Crippen molar-refractivity contribution in [2.24, 2.45) is 0 Å². The maximum absolute atomic E-state index is 11.7. The van der Waals surface area contributed by atoms with Crippen molar-refractivity contribution >= 4 is 5.78 Å². The average Bonchev–Trinajstić information content (AvgIpc) is 3.03. The molecule has 0 bridgehead atoms. The number of carbonyl (C=O) groups is 1. The normalized spacial score (nSPS) is 23.4. The number of epoxide rings is 1. The molecule has 0 unspecified atom stereocenters. The molecule has 0 radical (unpaired) electrons. The van der Waals surface area contributed by atoms with Crippen LogP contribution in [0.4, 0.5) is 0 Å². The molecule has 94 valence electrons. The Kier molecular flexibility index (Phi) is 6.70. The van der Waals surface area contributed by atoms with E-state index in [1.165, 1.54) is 32.1 Å². The minimum atomic E-state index is -0.0319. The highest BCUT2D eigenvalue weighted by atomic mass is 16.6. The van der Waals surface area contributed by atoms with Crippen molar-refractivity contribution in [3.63, 3.8) is 0 Å². The van der Waals surface area contributed by atoms with Gasteiger partial charge in [-0.3, -0.25) is 4.79 Å².